The molecule has 0 N–H and O–H groups in total. The van der Waals surface area contributed by atoms with E-state index in [2.05, 4.69) is 55.5 Å². The van der Waals surface area contributed by atoms with E-state index in [0.717, 1.165) is 12.0 Å². The van der Waals surface area contributed by atoms with Crippen molar-refractivity contribution in [3.63, 3.8) is 0 Å². The second kappa shape index (κ2) is 11.3. The number of rotatable bonds is 3. The first-order valence-corrected chi connectivity index (χ1v) is 7.53. The summed E-state index contributed by atoms with van der Waals surface area (Å²) < 4.78 is 2.03. The minimum atomic E-state index is 0.631. The summed E-state index contributed by atoms with van der Waals surface area (Å²) in [6.45, 7) is 6.39. The van der Waals surface area contributed by atoms with Gasteiger partial charge in [-0.25, -0.2) is 4.57 Å². The van der Waals surface area contributed by atoms with Gasteiger partial charge in [0.1, 0.15) is 7.05 Å². The van der Waals surface area contributed by atoms with Gasteiger partial charge in [-0.2, -0.15) is 0 Å². The molecule has 0 atom stereocenters. The van der Waals surface area contributed by atoms with Crippen molar-refractivity contribution in [3.05, 3.63) is 48.3 Å². The molecule has 1 nitrogen and oxygen atoms in total. The van der Waals surface area contributed by atoms with Crippen LogP contribution in [-0.4, -0.2) is 6.38 Å². The van der Waals surface area contributed by atoms with Crippen LogP contribution in [-0.2, 0) is 7.05 Å². The third kappa shape index (κ3) is 7.81. The summed E-state index contributed by atoms with van der Waals surface area (Å²) in [5.41, 5.74) is 2.36. The molecule has 0 aromatic carbocycles. The SMILES string of the molecule is C/C=C\C(=C/C#CCC(C)C)c1cc[n+](C)cc1.CCl. The van der Waals surface area contributed by atoms with E-state index in [-0.39, 0.29) is 0 Å². The van der Waals surface area contributed by atoms with Crippen molar-refractivity contribution in [2.24, 2.45) is 13.0 Å². The van der Waals surface area contributed by atoms with Gasteiger partial charge in [0.25, 0.3) is 0 Å². The smallest absolute Gasteiger partial charge is 0.169 e. The molecule has 0 aliphatic heterocycles. The molecule has 0 unspecified atom stereocenters. The molecule has 1 aromatic heterocycles. The van der Waals surface area contributed by atoms with Crippen LogP contribution in [0.25, 0.3) is 5.57 Å². The van der Waals surface area contributed by atoms with Crippen molar-refractivity contribution in [1.82, 2.24) is 0 Å². The Balaban J connectivity index is 0.00000172. The molecule has 0 aliphatic rings. The molecule has 0 aliphatic carbocycles. The lowest BCUT2D eigenvalue weighted by atomic mass is 10.1. The maximum atomic E-state index is 4.64. The number of alkyl halides is 1. The summed E-state index contributed by atoms with van der Waals surface area (Å²) in [6.07, 6.45) is 12.7. The lowest BCUT2D eigenvalue weighted by molar-refractivity contribution is -0.671. The van der Waals surface area contributed by atoms with E-state index in [9.17, 15) is 0 Å². The van der Waals surface area contributed by atoms with Crippen LogP contribution in [0.3, 0.4) is 0 Å². The lowest BCUT2D eigenvalue weighted by Gasteiger charge is -1.99. The fraction of sp³-hybridized carbons (Fsp3) is 0.389. The van der Waals surface area contributed by atoms with Crippen LogP contribution in [0.4, 0.5) is 0 Å². The molecule has 20 heavy (non-hydrogen) atoms. The maximum Gasteiger partial charge on any atom is 0.169 e. The lowest BCUT2D eigenvalue weighted by Crippen LogP contribution is -2.25. The van der Waals surface area contributed by atoms with E-state index in [4.69, 9.17) is 0 Å². The fourth-order valence-electron chi connectivity index (χ4n) is 1.49. The molecule has 0 bridgehead atoms. The van der Waals surface area contributed by atoms with Gasteiger partial charge >= 0.3 is 0 Å². The summed E-state index contributed by atoms with van der Waals surface area (Å²) in [5, 5.41) is 0. The number of pyridine rings is 1. The van der Waals surface area contributed by atoms with Crippen LogP contribution in [0.5, 0.6) is 0 Å². The third-order valence-corrected chi connectivity index (χ3v) is 2.50. The molecular formula is C18H25ClN+. The normalized spacial score (nSPS) is 10.8. The fourth-order valence-corrected chi connectivity index (χ4v) is 1.49. The Morgan fingerprint density at radius 3 is 2.40 bits per heavy atom. The van der Waals surface area contributed by atoms with Crippen LogP contribution in [0, 0.1) is 17.8 Å². The zero-order valence-electron chi connectivity index (χ0n) is 13.2. The van der Waals surface area contributed by atoms with Gasteiger partial charge in [0.15, 0.2) is 12.4 Å². The Hall–Kier alpha value is -1.52. The average Bonchev–Trinajstić information content (AvgIpc) is 2.45. The zero-order valence-corrected chi connectivity index (χ0v) is 13.9. The minimum absolute atomic E-state index is 0.631. The largest absolute Gasteiger partial charge is 0.208 e. The highest BCUT2D eigenvalue weighted by atomic mass is 35.5. The first-order valence-electron chi connectivity index (χ1n) is 6.78. The first kappa shape index (κ1) is 18.5. The van der Waals surface area contributed by atoms with Gasteiger partial charge in [-0.3, -0.25) is 0 Å². The monoisotopic (exact) mass is 290 g/mol. The molecule has 1 heterocycles. The van der Waals surface area contributed by atoms with Gasteiger partial charge < -0.3 is 0 Å². The van der Waals surface area contributed by atoms with Crippen molar-refractivity contribution in [2.45, 2.75) is 27.2 Å². The van der Waals surface area contributed by atoms with Crippen molar-refractivity contribution < 1.29 is 4.57 Å². The Labute approximate surface area is 129 Å². The predicted octanol–water partition coefficient (Wildman–Crippen LogP) is 4.38. The van der Waals surface area contributed by atoms with Crippen LogP contribution < -0.4 is 4.57 Å². The number of nitrogens with zero attached hydrogens (tertiary/aromatic N) is 1. The van der Waals surface area contributed by atoms with Crippen molar-refractivity contribution in [2.75, 3.05) is 6.38 Å². The van der Waals surface area contributed by atoms with E-state index in [1.165, 1.54) is 11.9 Å². The van der Waals surface area contributed by atoms with E-state index >= 15 is 0 Å². The van der Waals surface area contributed by atoms with E-state index in [1.54, 1.807) is 0 Å². The number of aryl methyl sites for hydroxylation is 1. The van der Waals surface area contributed by atoms with E-state index in [0.29, 0.717) is 5.92 Å². The number of hydrogen-bond donors (Lipinski definition) is 0. The number of aromatic nitrogens is 1. The summed E-state index contributed by atoms with van der Waals surface area (Å²) in [4.78, 5) is 0. The molecule has 0 spiro atoms. The number of allylic oxidation sites excluding steroid dienone is 4. The molecule has 0 amide bonds. The highest BCUT2D eigenvalue weighted by Crippen LogP contribution is 2.13. The molecule has 1 rings (SSSR count). The van der Waals surface area contributed by atoms with Crippen LogP contribution >= 0.6 is 11.6 Å². The molecular weight excluding hydrogens is 266 g/mol. The van der Waals surface area contributed by atoms with Crippen molar-refractivity contribution in [3.8, 4) is 11.8 Å². The molecule has 0 saturated heterocycles. The van der Waals surface area contributed by atoms with Crippen LogP contribution in [0.1, 0.15) is 32.8 Å². The van der Waals surface area contributed by atoms with Crippen LogP contribution in [0.2, 0.25) is 0 Å². The predicted molar refractivity (Wildman–Crippen MR) is 89.4 cm³/mol. The Bertz CT molecular complexity index is 484. The topological polar surface area (TPSA) is 3.88 Å². The Morgan fingerprint density at radius 1 is 1.30 bits per heavy atom. The highest BCUT2D eigenvalue weighted by molar-refractivity contribution is 6.15. The standard InChI is InChI=1S/C17H22N.CH3Cl/c1-5-8-16(10-7-6-9-15(2)3)17-11-13-18(4)14-12-17;1-2/h5,8,10-15H,9H2,1-4H3;1H3/q+1;/b8-5-,16-10+;. The second-order valence-corrected chi connectivity index (χ2v) is 4.77. The summed E-state index contributed by atoms with van der Waals surface area (Å²) >= 11 is 4.64. The summed E-state index contributed by atoms with van der Waals surface area (Å²) in [6, 6.07) is 4.21. The van der Waals surface area contributed by atoms with Gasteiger partial charge in [-0.05, 0) is 30.1 Å². The van der Waals surface area contributed by atoms with Gasteiger partial charge in [0.05, 0.1) is 0 Å². The quantitative estimate of drug-likeness (QED) is 0.337. The number of hydrogen-bond acceptors (Lipinski definition) is 0. The molecule has 0 radical (unpaired) electrons. The molecule has 0 saturated carbocycles. The van der Waals surface area contributed by atoms with Crippen LogP contribution in [0.15, 0.2) is 42.8 Å². The maximum absolute atomic E-state index is 4.64. The average molecular weight is 291 g/mol. The van der Waals surface area contributed by atoms with Crippen molar-refractivity contribution in [1.29, 1.82) is 0 Å². The molecule has 1 aromatic rings. The van der Waals surface area contributed by atoms with Gasteiger partial charge in [0.2, 0.25) is 0 Å². The molecule has 2 heteroatoms. The van der Waals surface area contributed by atoms with E-state index in [1.807, 2.05) is 43.1 Å². The zero-order chi connectivity index (χ0) is 15.4. The summed E-state index contributed by atoms with van der Waals surface area (Å²) in [5.74, 6) is 6.97. The van der Waals surface area contributed by atoms with Gasteiger partial charge in [0, 0.05) is 24.9 Å². The van der Waals surface area contributed by atoms with Gasteiger partial charge in [-0.1, -0.05) is 37.8 Å². The minimum Gasteiger partial charge on any atom is -0.208 e. The Kier molecular flexibility index (Phi) is 10.5. The summed E-state index contributed by atoms with van der Waals surface area (Å²) in [7, 11) is 2.02. The molecule has 0 fully saturated rings. The number of halogens is 1. The van der Waals surface area contributed by atoms with E-state index < -0.39 is 0 Å². The third-order valence-electron chi connectivity index (χ3n) is 2.50. The highest BCUT2D eigenvalue weighted by Gasteiger charge is 1.99. The second-order valence-electron chi connectivity index (χ2n) is 4.77. The van der Waals surface area contributed by atoms with Crippen molar-refractivity contribution >= 4 is 17.2 Å². The Morgan fingerprint density at radius 2 is 1.90 bits per heavy atom. The first-order chi connectivity index (χ1) is 9.63. The van der Waals surface area contributed by atoms with Gasteiger partial charge in [-0.15, -0.1) is 11.6 Å². The molecule has 108 valence electrons.